The highest BCUT2D eigenvalue weighted by molar-refractivity contribution is 6.01. The Labute approximate surface area is 169 Å². The molecular formula is C22H21N3O4. The van der Waals surface area contributed by atoms with Crippen LogP contribution in [-0.2, 0) is 19.1 Å². The van der Waals surface area contributed by atoms with Crippen molar-refractivity contribution in [2.24, 2.45) is 0 Å². The fourth-order valence-electron chi connectivity index (χ4n) is 2.33. The molecule has 0 aliphatic carbocycles. The van der Waals surface area contributed by atoms with E-state index in [-0.39, 0.29) is 11.5 Å². The molecule has 148 valence electrons. The second-order valence-electron chi connectivity index (χ2n) is 6.38. The van der Waals surface area contributed by atoms with Gasteiger partial charge in [0.1, 0.15) is 11.6 Å². The van der Waals surface area contributed by atoms with Crippen LogP contribution < -0.4 is 10.6 Å². The van der Waals surface area contributed by atoms with Crippen LogP contribution in [0.5, 0.6) is 0 Å². The number of carbonyl (C=O) groups excluding carboxylic acids is 3. The van der Waals surface area contributed by atoms with E-state index in [0.717, 1.165) is 5.56 Å². The predicted octanol–water partition coefficient (Wildman–Crippen LogP) is 3.43. The number of benzene rings is 2. The standard InChI is InChI=1S/C22H21N3O4/c1-14-4-6-17(7-5-14)12-18(13-23)22(28)29-15(2)21(27)25-20-10-8-19(9-11-20)24-16(3)26/h4-12,15H,1-3H3,(H,24,26)(H,25,27)/b18-12+/t15-/m1/s1. The quantitative estimate of drug-likeness (QED) is 0.445. The Balaban J connectivity index is 1.98. The van der Waals surface area contributed by atoms with Crippen LogP contribution >= 0.6 is 0 Å². The topological polar surface area (TPSA) is 108 Å². The van der Waals surface area contributed by atoms with Crippen molar-refractivity contribution in [3.63, 3.8) is 0 Å². The van der Waals surface area contributed by atoms with Crippen LogP contribution in [0.3, 0.4) is 0 Å². The number of aryl methyl sites for hydroxylation is 1. The molecule has 0 unspecified atom stereocenters. The zero-order valence-electron chi connectivity index (χ0n) is 16.4. The Morgan fingerprint density at radius 1 is 1.00 bits per heavy atom. The number of esters is 1. The van der Waals surface area contributed by atoms with Gasteiger partial charge in [-0.3, -0.25) is 9.59 Å². The summed E-state index contributed by atoms with van der Waals surface area (Å²) in [6, 6.07) is 15.6. The van der Waals surface area contributed by atoms with E-state index in [4.69, 9.17) is 4.74 Å². The van der Waals surface area contributed by atoms with Crippen molar-refractivity contribution in [1.29, 1.82) is 5.26 Å². The average Bonchev–Trinajstić information content (AvgIpc) is 2.68. The van der Waals surface area contributed by atoms with Crippen molar-refractivity contribution < 1.29 is 19.1 Å². The summed E-state index contributed by atoms with van der Waals surface area (Å²) >= 11 is 0. The highest BCUT2D eigenvalue weighted by Gasteiger charge is 2.20. The normalized spacial score (nSPS) is 11.7. The summed E-state index contributed by atoms with van der Waals surface area (Å²) in [6.07, 6.45) is 0.306. The van der Waals surface area contributed by atoms with Gasteiger partial charge in [-0.2, -0.15) is 5.26 Å². The number of nitriles is 1. The highest BCUT2D eigenvalue weighted by atomic mass is 16.5. The summed E-state index contributed by atoms with van der Waals surface area (Å²) in [5.74, 6) is -1.62. The molecule has 2 rings (SSSR count). The van der Waals surface area contributed by atoms with Gasteiger partial charge in [-0.15, -0.1) is 0 Å². The molecule has 2 aromatic carbocycles. The van der Waals surface area contributed by atoms with Crippen molar-refractivity contribution in [2.75, 3.05) is 10.6 Å². The minimum absolute atomic E-state index is 0.200. The summed E-state index contributed by atoms with van der Waals surface area (Å²) in [7, 11) is 0. The Bertz CT molecular complexity index is 971. The zero-order valence-corrected chi connectivity index (χ0v) is 16.4. The second-order valence-corrected chi connectivity index (χ2v) is 6.38. The van der Waals surface area contributed by atoms with Gasteiger partial charge >= 0.3 is 5.97 Å². The summed E-state index contributed by atoms with van der Waals surface area (Å²) in [5, 5.41) is 14.5. The minimum atomic E-state index is -1.10. The average molecular weight is 391 g/mol. The third-order valence-corrected chi connectivity index (χ3v) is 3.85. The van der Waals surface area contributed by atoms with Crippen molar-refractivity contribution in [3.05, 3.63) is 65.2 Å². The third-order valence-electron chi connectivity index (χ3n) is 3.85. The maximum absolute atomic E-state index is 12.3. The van der Waals surface area contributed by atoms with Gasteiger partial charge in [0.05, 0.1) is 0 Å². The van der Waals surface area contributed by atoms with Crippen LogP contribution in [0.4, 0.5) is 11.4 Å². The molecule has 7 heteroatoms. The van der Waals surface area contributed by atoms with Gasteiger partial charge in [0.25, 0.3) is 5.91 Å². The molecule has 0 radical (unpaired) electrons. The van der Waals surface area contributed by atoms with Gasteiger partial charge in [0, 0.05) is 18.3 Å². The molecule has 0 aliphatic rings. The van der Waals surface area contributed by atoms with E-state index in [9.17, 15) is 19.6 Å². The lowest BCUT2D eigenvalue weighted by Crippen LogP contribution is -2.30. The van der Waals surface area contributed by atoms with Crippen LogP contribution in [0.25, 0.3) is 6.08 Å². The number of hydrogen-bond acceptors (Lipinski definition) is 5. The molecule has 0 heterocycles. The molecule has 0 saturated carbocycles. The van der Waals surface area contributed by atoms with Gasteiger partial charge in [0.15, 0.2) is 6.10 Å². The van der Waals surface area contributed by atoms with E-state index in [0.29, 0.717) is 16.9 Å². The fourth-order valence-corrected chi connectivity index (χ4v) is 2.33. The molecule has 0 saturated heterocycles. The number of hydrogen-bond donors (Lipinski definition) is 2. The molecule has 1 atom stereocenters. The fraction of sp³-hybridized carbons (Fsp3) is 0.182. The van der Waals surface area contributed by atoms with Gasteiger partial charge in [-0.25, -0.2) is 4.79 Å². The maximum atomic E-state index is 12.3. The molecule has 29 heavy (non-hydrogen) atoms. The Morgan fingerprint density at radius 2 is 1.55 bits per heavy atom. The van der Waals surface area contributed by atoms with Gasteiger partial charge < -0.3 is 15.4 Å². The lowest BCUT2D eigenvalue weighted by atomic mass is 10.1. The first-order valence-electron chi connectivity index (χ1n) is 8.86. The lowest BCUT2D eigenvalue weighted by Gasteiger charge is -2.13. The summed E-state index contributed by atoms with van der Waals surface area (Å²) in [5.41, 5.74) is 2.60. The van der Waals surface area contributed by atoms with Crippen LogP contribution in [-0.4, -0.2) is 23.9 Å². The lowest BCUT2D eigenvalue weighted by molar-refractivity contribution is -0.148. The van der Waals surface area contributed by atoms with E-state index in [1.807, 2.05) is 19.1 Å². The van der Waals surface area contributed by atoms with E-state index in [1.165, 1.54) is 19.9 Å². The highest BCUT2D eigenvalue weighted by Crippen LogP contribution is 2.15. The molecule has 0 fully saturated rings. The third kappa shape index (κ3) is 6.63. The van der Waals surface area contributed by atoms with Gasteiger partial charge in [-0.1, -0.05) is 29.8 Å². The van der Waals surface area contributed by atoms with Gasteiger partial charge in [0.2, 0.25) is 5.91 Å². The number of amides is 2. The van der Waals surface area contributed by atoms with Crippen molar-refractivity contribution in [1.82, 2.24) is 0 Å². The van der Waals surface area contributed by atoms with Crippen LogP contribution in [0.2, 0.25) is 0 Å². The first kappa shape index (κ1) is 21.4. The first-order chi connectivity index (χ1) is 13.8. The number of nitrogens with zero attached hydrogens (tertiary/aromatic N) is 1. The maximum Gasteiger partial charge on any atom is 0.349 e. The Kier molecular flexibility index (Phi) is 7.26. The molecule has 7 nitrogen and oxygen atoms in total. The SMILES string of the molecule is CC(=O)Nc1ccc(NC(=O)[C@@H](C)OC(=O)/C(C#N)=C/c2ccc(C)cc2)cc1. The van der Waals surface area contributed by atoms with E-state index >= 15 is 0 Å². The van der Waals surface area contributed by atoms with Crippen molar-refractivity contribution >= 4 is 35.2 Å². The van der Waals surface area contributed by atoms with E-state index in [2.05, 4.69) is 10.6 Å². The van der Waals surface area contributed by atoms with Crippen LogP contribution in [0.15, 0.2) is 54.1 Å². The van der Waals surface area contributed by atoms with Crippen LogP contribution in [0, 0.1) is 18.3 Å². The molecule has 0 spiro atoms. The van der Waals surface area contributed by atoms with E-state index < -0.39 is 18.0 Å². The molecule has 2 aromatic rings. The molecule has 2 N–H and O–H groups in total. The zero-order chi connectivity index (χ0) is 21.4. The minimum Gasteiger partial charge on any atom is -0.448 e. The van der Waals surface area contributed by atoms with Crippen LogP contribution in [0.1, 0.15) is 25.0 Å². The summed E-state index contributed by atoms with van der Waals surface area (Å²) in [6.45, 7) is 4.74. The van der Waals surface area contributed by atoms with Gasteiger partial charge in [-0.05, 0) is 49.8 Å². The molecule has 2 amide bonds. The van der Waals surface area contributed by atoms with Crippen molar-refractivity contribution in [3.8, 4) is 6.07 Å². The van der Waals surface area contributed by atoms with E-state index in [1.54, 1.807) is 42.5 Å². The number of rotatable bonds is 6. The molecule has 0 bridgehead atoms. The second kappa shape index (κ2) is 9.85. The monoisotopic (exact) mass is 391 g/mol. The smallest absolute Gasteiger partial charge is 0.349 e. The number of anilines is 2. The number of carbonyl (C=O) groups is 3. The Hall–Kier alpha value is -3.92. The number of ether oxygens (including phenoxy) is 1. The first-order valence-corrected chi connectivity index (χ1v) is 8.86. The summed E-state index contributed by atoms with van der Waals surface area (Å²) < 4.78 is 5.11. The molecule has 0 aliphatic heterocycles. The Morgan fingerprint density at radius 3 is 2.07 bits per heavy atom. The molecule has 0 aromatic heterocycles. The van der Waals surface area contributed by atoms with Crippen molar-refractivity contribution in [2.45, 2.75) is 26.9 Å². The molecular weight excluding hydrogens is 370 g/mol. The number of nitrogens with one attached hydrogen (secondary N) is 2. The predicted molar refractivity (Wildman–Crippen MR) is 110 cm³/mol. The largest absolute Gasteiger partial charge is 0.448 e. The summed E-state index contributed by atoms with van der Waals surface area (Å²) in [4.78, 5) is 35.5.